The zero-order valence-corrected chi connectivity index (χ0v) is 12.8. The fourth-order valence-corrected chi connectivity index (χ4v) is 2.89. The van der Waals surface area contributed by atoms with Gasteiger partial charge in [0.2, 0.25) is 0 Å². The molecule has 2 nitrogen and oxygen atoms in total. The molecule has 1 atom stereocenters. The normalized spacial score (nSPS) is 24.4. The number of halogens is 1. The van der Waals surface area contributed by atoms with Gasteiger partial charge < -0.3 is 10.1 Å². The van der Waals surface area contributed by atoms with E-state index < -0.39 is 0 Å². The Bertz CT molecular complexity index is 427. The van der Waals surface area contributed by atoms with Gasteiger partial charge in [-0.05, 0) is 63.3 Å². The standard InChI is InChI=1S/C17H26FNO/c1-4-13-5-8-15(9-6-13)20-17-10-7-14(11-16(17)18)12(2)19-3/h7,10-13,15,19H,4-6,8-9H2,1-3H3. The summed E-state index contributed by atoms with van der Waals surface area (Å²) in [6.45, 7) is 4.26. The molecule has 1 saturated carbocycles. The Balaban J connectivity index is 1.96. The molecule has 3 heteroatoms. The SMILES string of the molecule is CCC1CCC(Oc2ccc(C(C)NC)cc2F)CC1. The third-order valence-electron chi connectivity index (χ3n) is 4.55. The minimum absolute atomic E-state index is 0.151. The first-order chi connectivity index (χ1) is 9.63. The lowest BCUT2D eigenvalue weighted by Crippen LogP contribution is -2.24. The molecule has 0 saturated heterocycles. The lowest BCUT2D eigenvalue weighted by Gasteiger charge is -2.28. The smallest absolute Gasteiger partial charge is 0.165 e. The van der Waals surface area contributed by atoms with E-state index >= 15 is 0 Å². The van der Waals surface area contributed by atoms with Crippen LogP contribution >= 0.6 is 0 Å². The van der Waals surface area contributed by atoms with E-state index in [2.05, 4.69) is 12.2 Å². The van der Waals surface area contributed by atoms with E-state index in [1.165, 1.54) is 19.3 Å². The minimum Gasteiger partial charge on any atom is -0.487 e. The van der Waals surface area contributed by atoms with Crippen LogP contribution in [-0.4, -0.2) is 13.2 Å². The van der Waals surface area contributed by atoms with E-state index in [9.17, 15) is 4.39 Å². The van der Waals surface area contributed by atoms with Crippen LogP contribution in [0.4, 0.5) is 4.39 Å². The van der Waals surface area contributed by atoms with Crippen LogP contribution in [0.1, 0.15) is 57.6 Å². The molecule has 20 heavy (non-hydrogen) atoms. The molecular weight excluding hydrogens is 253 g/mol. The Morgan fingerprint density at radius 2 is 2.00 bits per heavy atom. The van der Waals surface area contributed by atoms with Crippen molar-refractivity contribution in [2.45, 2.75) is 58.1 Å². The summed E-state index contributed by atoms with van der Waals surface area (Å²) in [4.78, 5) is 0. The molecule has 1 N–H and O–H groups in total. The Morgan fingerprint density at radius 1 is 1.30 bits per heavy atom. The molecule has 112 valence electrons. The molecule has 0 radical (unpaired) electrons. The lowest BCUT2D eigenvalue weighted by atomic mass is 9.86. The van der Waals surface area contributed by atoms with Crippen molar-refractivity contribution < 1.29 is 9.13 Å². The first-order valence-corrected chi connectivity index (χ1v) is 7.77. The predicted octanol–water partition coefficient (Wildman–Crippen LogP) is 4.45. The molecule has 1 unspecified atom stereocenters. The van der Waals surface area contributed by atoms with Gasteiger partial charge in [0.05, 0.1) is 6.10 Å². The van der Waals surface area contributed by atoms with E-state index in [0.717, 1.165) is 24.3 Å². The first-order valence-electron chi connectivity index (χ1n) is 7.77. The van der Waals surface area contributed by atoms with Crippen LogP contribution in [0.15, 0.2) is 18.2 Å². The molecule has 0 bridgehead atoms. The van der Waals surface area contributed by atoms with Crippen molar-refractivity contribution in [2.75, 3.05) is 7.05 Å². The van der Waals surface area contributed by atoms with E-state index in [0.29, 0.717) is 5.75 Å². The highest BCUT2D eigenvalue weighted by molar-refractivity contribution is 5.31. The molecule has 0 aromatic heterocycles. The quantitative estimate of drug-likeness (QED) is 0.859. The molecule has 1 aromatic rings. The number of hydrogen-bond acceptors (Lipinski definition) is 2. The monoisotopic (exact) mass is 279 g/mol. The van der Waals surface area contributed by atoms with Crippen LogP contribution in [0.3, 0.4) is 0 Å². The average Bonchev–Trinajstić information content (AvgIpc) is 2.49. The van der Waals surface area contributed by atoms with Crippen molar-refractivity contribution in [3.05, 3.63) is 29.6 Å². The van der Waals surface area contributed by atoms with Crippen LogP contribution in [-0.2, 0) is 0 Å². The Kier molecular flexibility index (Phi) is 5.41. The van der Waals surface area contributed by atoms with E-state index in [-0.39, 0.29) is 18.0 Å². The second-order valence-corrected chi connectivity index (χ2v) is 5.87. The van der Waals surface area contributed by atoms with E-state index in [1.54, 1.807) is 12.1 Å². The van der Waals surface area contributed by atoms with Gasteiger partial charge in [0.15, 0.2) is 11.6 Å². The number of benzene rings is 1. The summed E-state index contributed by atoms with van der Waals surface area (Å²) < 4.78 is 19.9. The second-order valence-electron chi connectivity index (χ2n) is 5.87. The summed E-state index contributed by atoms with van der Waals surface area (Å²) in [6, 6.07) is 5.44. The van der Waals surface area contributed by atoms with Gasteiger partial charge in [0, 0.05) is 6.04 Å². The van der Waals surface area contributed by atoms with Crippen molar-refractivity contribution in [3.8, 4) is 5.75 Å². The van der Waals surface area contributed by atoms with Crippen LogP contribution < -0.4 is 10.1 Å². The summed E-state index contributed by atoms with van der Waals surface area (Å²) in [5, 5.41) is 3.11. The minimum atomic E-state index is -0.248. The van der Waals surface area contributed by atoms with Gasteiger partial charge in [0.1, 0.15) is 0 Å². The van der Waals surface area contributed by atoms with Crippen molar-refractivity contribution in [1.82, 2.24) is 5.32 Å². The average molecular weight is 279 g/mol. The molecule has 0 aliphatic heterocycles. The Labute approximate surface area is 121 Å². The third-order valence-corrected chi connectivity index (χ3v) is 4.55. The Hall–Kier alpha value is -1.09. The summed E-state index contributed by atoms with van der Waals surface area (Å²) >= 11 is 0. The second kappa shape index (κ2) is 7.07. The number of rotatable bonds is 5. The summed E-state index contributed by atoms with van der Waals surface area (Å²) in [7, 11) is 1.87. The zero-order valence-electron chi connectivity index (χ0n) is 12.8. The molecule has 0 amide bonds. The van der Waals surface area contributed by atoms with Crippen LogP contribution in [0.2, 0.25) is 0 Å². The Morgan fingerprint density at radius 3 is 2.55 bits per heavy atom. The summed E-state index contributed by atoms with van der Waals surface area (Å²) in [6.07, 6.45) is 5.94. The molecule has 1 aliphatic rings. The summed E-state index contributed by atoms with van der Waals surface area (Å²) in [5.74, 6) is 0.984. The lowest BCUT2D eigenvalue weighted by molar-refractivity contribution is 0.125. The van der Waals surface area contributed by atoms with Crippen molar-refractivity contribution in [3.63, 3.8) is 0 Å². The molecule has 2 rings (SSSR count). The molecule has 0 heterocycles. The van der Waals surface area contributed by atoms with E-state index in [4.69, 9.17) is 4.74 Å². The molecule has 0 spiro atoms. The van der Waals surface area contributed by atoms with Crippen LogP contribution in [0.25, 0.3) is 0 Å². The van der Waals surface area contributed by atoms with Gasteiger partial charge in [0.25, 0.3) is 0 Å². The van der Waals surface area contributed by atoms with Crippen molar-refractivity contribution >= 4 is 0 Å². The predicted molar refractivity (Wildman–Crippen MR) is 80.5 cm³/mol. The van der Waals surface area contributed by atoms with Gasteiger partial charge >= 0.3 is 0 Å². The largest absolute Gasteiger partial charge is 0.487 e. The van der Waals surface area contributed by atoms with Crippen LogP contribution in [0, 0.1) is 11.7 Å². The van der Waals surface area contributed by atoms with Gasteiger partial charge in [-0.15, -0.1) is 0 Å². The highest BCUT2D eigenvalue weighted by atomic mass is 19.1. The first kappa shape index (κ1) is 15.3. The highest BCUT2D eigenvalue weighted by Gasteiger charge is 2.22. The van der Waals surface area contributed by atoms with Gasteiger partial charge in [-0.1, -0.05) is 19.4 Å². The zero-order chi connectivity index (χ0) is 14.5. The molecular formula is C17H26FNO. The molecule has 1 fully saturated rings. The van der Waals surface area contributed by atoms with Gasteiger partial charge in [-0.25, -0.2) is 4.39 Å². The van der Waals surface area contributed by atoms with Gasteiger partial charge in [-0.3, -0.25) is 0 Å². The number of hydrogen-bond donors (Lipinski definition) is 1. The van der Waals surface area contributed by atoms with Crippen molar-refractivity contribution in [2.24, 2.45) is 5.92 Å². The fourth-order valence-electron chi connectivity index (χ4n) is 2.89. The summed E-state index contributed by atoms with van der Waals surface area (Å²) in [5.41, 5.74) is 0.951. The third kappa shape index (κ3) is 3.72. The topological polar surface area (TPSA) is 21.3 Å². The van der Waals surface area contributed by atoms with Gasteiger partial charge in [-0.2, -0.15) is 0 Å². The molecule has 1 aromatic carbocycles. The molecule has 1 aliphatic carbocycles. The maximum Gasteiger partial charge on any atom is 0.165 e. The highest BCUT2D eigenvalue weighted by Crippen LogP contribution is 2.30. The number of nitrogens with one attached hydrogen (secondary N) is 1. The van der Waals surface area contributed by atoms with Crippen LogP contribution in [0.5, 0.6) is 5.75 Å². The fraction of sp³-hybridized carbons (Fsp3) is 0.647. The number of ether oxygens (including phenoxy) is 1. The maximum atomic E-state index is 14.1. The van der Waals surface area contributed by atoms with E-state index in [1.807, 2.05) is 20.0 Å². The maximum absolute atomic E-state index is 14.1. The van der Waals surface area contributed by atoms with Crippen molar-refractivity contribution in [1.29, 1.82) is 0 Å².